The summed E-state index contributed by atoms with van der Waals surface area (Å²) in [4.78, 5) is 2.16. The Kier molecular flexibility index (Phi) is 5.85. The lowest BCUT2D eigenvalue weighted by Crippen LogP contribution is -2.46. The molecule has 1 heterocycles. The maximum atomic E-state index is 11.6. The van der Waals surface area contributed by atoms with E-state index in [1.807, 2.05) is 12.1 Å². The molecule has 22 heavy (non-hydrogen) atoms. The second-order valence-electron chi connectivity index (χ2n) is 5.88. The van der Waals surface area contributed by atoms with E-state index in [1.54, 1.807) is 19.2 Å². The van der Waals surface area contributed by atoms with Crippen molar-refractivity contribution in [3.05, 3.63) is 34.9 Å². The molecule has 0 radical (unpaired) electrons. The quantitative estimate of drug-likeness (QED) is 0.882. The minimum absolute atomic E-state index is 0.0505. The number of benzene rings is 1. The van der Waals surface area contributed by atoms with Crippen LogP contribution in [-0.2, 0) is 10.0 Å². The molecule has 1 aromatic carbocycles. The van der Waals surface area contributed by atoms with Gasteiger partial charge in [-0.2, -0.15) is 0 Å². The molecule has 0 aliphatic carbocycles. The molecule has 0 saturated carbocycles. The highest BCUT2D eigenvalue weighted by atomic mass is 35.5. The van der Waals surface area contributed by atoms with E-state index in [9.17, 15) is 13.5 Å². The minimum Gasteiger partial charge on any atom is -0.387 e. The summed E-state index contributed by atoms with van der Waals surface area (Å²) < 4.78 is 24.6. The van der Waals surface area contributed by atoms with Crippen LogP contribution < -0.4 is 0 Å². The van der Waals surface area contributed by atoms with Crippen LogP contribution in [0.25, 0.3) is 0 Å². The number of aliphatic hydroxyl groups excluding tert-OH is 1. The van der Waals surface area contributed by atoms with Crippen LogP contribution in [0, 0.1) is 0 Å². The highest BCUT2D eigenvalue weighted by Gasteiger charge is 2.27. The molecule has 7 heteroatoms. The van der Waals surface area contributed by atoms with Crippen LogP contribution in [0.15, 0.2) is 24.3 Å². The monoisotopic (exact) mass is 346 g/mol. The Morgan fingerprint density at radius 2 is 2.05 bits per heavy atom. The van der Waals surface area contributed by atoms with E-state index in [4.69, 9.17) is 11.6 Å². The molecule has 0 aromatic heterocycles. The van der Waals surface area contributed by atoms with Crippen molar-refractivity contribution >= 4 is 21.6 Å². The van der Waals surface area contributed by atoms with Crippen molar-refractivity contribution in [2.24, 2.45) is 0 Å². The largest absolute Gasteiger partial charge is 0.387 e. The van der Waals surface area contributed by atoms with Crippen LogP contribution in [-0.4, -0.2) is 61.7 Å². The van der Waals surface area contributed by atoms with Gasteiger partial charge in [0.15, 0.2) is 0 Å². The molecule has 0 amide bonds. The van der Waals surface area contributed by atoms with Gasteiger partial charge in [0, 0.05) is 24.7 Å². The summed E-state index contributed by atoms with van der Waals surface area (Å²) in [5.41, 5.74) is 0.808. The molecule has 1 atom stereocenters. The van der Waals surface area contributed by atoms with Gasteiger partial charge in [0.05, 0.1) is 12.4 Å². The van der Waals surface area contributed by atoms with Crippen molar-refractivity contribution in [1.82, 2.24) is 9.21 Å². The smallest absolute Gasteiger partial charge is 0.211 e. The Labute approximate surface area is 137 Å². The van der Waals surface area contributed by atoms with Gasteiger partial charge in [-0.1, -0.05) is 23.7 Å². The summed E-state index contributed by atoms with van der Waals surface area (Å²) in [5.74, 6) is 0. The molecule has 1 fully saturated rings. The topological polar surface area (TPSA) is 60.9 Å². The van der Waals surface area contributed by atoms with Gasteiger partial charge < -0.3 is 10.0 Å². The number of rotatable bonds is 5. The fourth-order valence-electron chi connectivity index (χ4n) is 2.80. The molecule has 1 N–H and O–H groups in total. The van der Waals surface area contributed by atoms with Crippen molar-refractivity contribution < 1.29 is 13.5 Å². The maximum absolute atomic E-state index is 11.6. The summed E-state index contributed by atoms with van der Waals surface area (Å²) in [6.07, 6.45) is 2.22. The van der Waals surface area contributed by atoms with Crippen LogP contribution in [0.1, 0.15) is 24.5 Å². The fourth-order valence-corrected chi connectivity index (χ4v) is 3.75. The standard InChI is InChI=1S/C15H23ClN2O3S/c1-17(22(2,20)21)14-6-8-18(9-7-14)11-15(19)12-4-3-5-13(16)10-12/h3-5,10,14-15,19H,6-9,11H2,1-2H3. The number of halogens is 1. The Bertz CT molecular complexity index is 601. The predicted molar refractivity (Wildman–Crippen MR) is 88.5 cm³/mol. The lowest BCUT2D eigenvalue weighted by atomic mass is 10.0. The molecule has 1 aromatic rings. The van der Waals surface area contributed by atoms with Gasteiger partial charge in [-0.05, 0) is 43.6 Å². The SMILES string of the molecule is CN(C1CCN(CC(O)c2cccc(Cl)c2)CC1)S(C)(=O)=O. The van der Waals surface area contributed by atoms with Crippen LogP contribution in [0.2, 0.25) is 5.02 Å². The zero-order chi connectivity index (χ0) is 16.3. The zero-order valence-corrected chi connectivity index (χ0v) is 14.5. The van der Waals surface area contributed by atoms with Crippen LogP contribution in [0.5, 0.6) is 0 Å². The molecular formula is C15H23ClN2O3S. The number of aliphatic hydroxyl groups is 1. The van der Waals surface area contributed by atoms with E-state index in [-0.39, 0.29) is 6.04 Å². The third-order valence-electron chi connectivity index (χ3n) is 4.26. The Morgan fingerprint density at radius 1 is 1.41 bits per heavy atom. The van der Waals surface area contributed by atoms with Crippen molar-refractivity contribution in [1.29, 1.82) is 0 Å². The Morgan fingerprint density at radius 3 is 2.59 bits per heavy atom. The highest BCUT2D eigenvalue weighted by molar-refractivity contribution is 7.88. The number of sulfonamides is 1. The molecule has 1 saturated heterocycles. The van der Waals surface area contributed by atoms with E-state index in [2.05, 4.69) is 4.90 Å². The first kappa shape index (κ1) is 17.7. The van der Waals surface area contributed by atoms with Crippen molar-refractivity contribution in [2.75, 3.05) is 32.9 Å². The predicted octanol–water partition coefficient (Wildman–Crippen LogP) is 1.73. The maximum Gasteiger partial charge on any atom is 0.211 e. The second-order valence-corrected chi connectivity index (χ2v) is 8.36. The van der Waals surface area contributed by atoms with Gasteiger partial charge in [0.2, 0.25) is 10.0 Å². The number of piperidine rings is 1. The van der Waals surface area contributed by atoms with Gasteiger partial charge in [-0.3, -0.25) is 0 Å². The van der Waals surface area contributed by atoms with Gasteiger partial charge in [0.25, 0.3) is 0 Å². The number of hydrogen-bond donors (Lipinski definition) is 1. The summed E-state index contributed by atoms with van der Waals surface area (Å²) in [7, 11) is -1.50. The van der Waals surface area contributed by atoms with Crippen LogP contribution >= 0.6 is 11.6 Å². The van der Waals surface area contributed by atoms with Crippen LogP contribution in [0.3, 0.4) is 0 Å². The number of β-amino-alcohol motifs (C(OH)–C–C–N with tert-alkyl or cyclic N) is 1. The van der Waals surface area contributed by atoms with Crippen molar-refractivity contribution in [3.8, 4) is 0 Å². The van der Waals surface area contributed by atoms with E-state index < -0.39 is 16.1 Å². The van der Waals surface area contributed by atoms with Gasteiger partial charge in [-0.25, -0.2) is 12.7 Å². The molecule has 5 nitrogen and oxygen atoms in total. The van der Waals surface area contributed by atoms with Gasteiger partial charge in [-0.15, -0.1) is 0 Å². The highest BCUT2D eigenvalue weighted by Crippen LogP contribution is 2.22. The molecule has 1 unspecified atom stereocenters. The Balaban J connectivity index is 1.87. The van der Waals surface area contributed by atoms with E-state index in [0.717, 1.165) is 31.5 Å². The first-order valence-electron chi connectivity index (χ1n) is 7.36. The van der Waals surface area contributed by atoms with Crippen molar-refractivity contribution in [3.63, 3.8) is 0 Å². The third kappa shape index (κ3) is 4.67. The zero-order valence-electron chi connectivity index (χ0n) is 12.9. The second kappa shape index (κ2) is 7.27. The third-order valence-corrected chi connectivity index (χ3v) is 5.84. The summed E-state index contributed by atoms with van der Waals surface area (Å²) in [5, 5.41) is 10.9. The summed E-state index contributed by atoms with van der Waals surface area (Å²) >= 11 is 5.94. The Hall–Kier alpha value is -0.660. The summed E-state index contributed by atoms with van der Waals surface area (Å²) in [6, 6.07) is 7.30. The number of hydrogen-bond acceptors (Lipinski definition) is 4. The normalized spacial score (nSPS) is 19.5. The van der Waals surface area contributed by atoms with E-state index in [0.29, 0.717) is 11.6 Å². The average Bonchev–Trinajstić information content (AvgIpc) is 2.46. The van der Waals surface area contributed by atoms with E-state index in [1.165, 1.54) is 10.6 Å². The molecule has 124 valence electrons. The number of nitrogens with zero attached hydrogens (tertiary/aromatic N) is 2. The van der Waals surface area contributed by atoms with E-state index >= 15 is 0 Å². The first-order valence-corrected chi connectivity index (χ1v) is 9.59. The van der Waals surface area contributed by atoms with Crippen molar-refractivity contribution in [2.45, 2.75) is 25.0 Å². The molecular weight excluding hydrogens is 324 g/mol. The average molecular weight is 347 g/mol. The molecule has 1 aliphatic heterocycles. The molecule has 2 rings (SSSR count). The first-order chi connectivity index (χ1) is 10.3. The molecule has 0 bridgehead atoms. The molecule has 1 aliphatic rings. The number of likely N-dealkylation sites (tertiary alicyclic amines) is 1. The minimum atomic E-state index is -3.14. The van der Waals surface area contributed by atoms with Gasteiger partial charge >= 0.3 is 0 Å². The molecule has 0 spiro atoms. The van der Waals surface area contributed by atoms with Gasteiger partial charge in [0.1, 0.15) is 0 Å². The summed E-state index contributed by atoms with van der Waals surface area (Å²) in [6.45, 7) is 2.10. The lowest BCUT2D eigenvalue weighted by molar-refractivity contribution is 0.0872. The lowest BCUT2D eigenvalue weighted by Gasteiger charge is -2.36. The van der Waals surface area contributed by atoms with Crippen LogP contribution in [0.4, 0.5) is 0 Å². The fraction of sp³-hybridized carbons (Fsp3) is 0.600.